The zero-order valence-corrected chi connectivity index (χ0v) is 8.35. The SMILES string of the molecule is CC1(C)Cc2cc(Cl)cc(O)c2O1. The van der Waals surface area contributed by atoms with E-state index in [2.05, 4.69) is 0 Å². The molecule has 0 unspecified atom stereocenters. The zero-order chi connectivity index (χ0) is 9.64. The van der Waals surface area contributed by atoms with Gasteiger partial charge in [0.2, 0.25) is 0 Å². The van der Waals surface area contributed by atoms with E-state index in [1.54, 1.807) is 0 Å². The summed E-state index contributed by atoms with van der Waals surface area (Å²) in [4.78, 5) is 0. The van der Waals surface area contributed by atoms with E-state index in [0.29, 0.717) is 10.8 Å². The standard InChI is InChI=1S/C10H11ClO2/c1-10(2)5-6-3-7(11)4-8(12)9(6)13-10/h3-4,12H,5H2,1-2H3. The fourth-order valence-corrected chi connectivity index (χ4v) is 1.89. The summed E-state index contributed by atoms with van der Waals surface area (Å²) in [5.74, 6) is 0.711. The lowest BCUT2D eigenvalue weighted by Gasteiger charge is -2.17. The molecule has 0 fully saturated rings. The van der Waals surface area contributed by atoms with Gasteiger partial charge in [-0.15, -0.1) is 0 Å². The summed E-state index contributed by atoms with van der Waals surface area (Å²) in [6.45, 7) is 3.97. The molecule has 1 aromatic rings. The third-order valence-corrected chi connectivity index (χ3v) is 2.32. The summed E-state index contributed by atoms with van der Waals surface area (Å²) < 4.78 is 5.57. The molecule has 3 heteroatoms. The molecule has 0 saturated carbocycles. The van der Waals surface area contributed by atoms with Crippen molar-refractivity contribution in [2.75, 3.05) is 0 Å². The molecule has 0 amide bonds. The van der Waals surface area contributed by atoms with Crippen molar-refractivity contribution in [1.29, 1.82) is 0 Å². The van der Waals surface area contributed by atoms with Gasteiger partial charge in [0.1, 0.15) is 5.60 Å². The van der Waals surface area contributed by atoms with E-state index in [4.69, 9.17) is 16.3 Å². The molecule has 0 spiro atoms. The first-order chi connectivity index (χ1) is 5.98. The van der Waals surface area contributed by atoms with Crippen LogP contribution in [-0.4, -0.2) is 10.7 Å². The van der Waals surface area contributed by atoms with Gasteiger partial charge in [-0.2, -0.15) is 0 Å². The number of ether oxygens (including phenoxy) is 1. The lowest BCUT2D eigenvalue weighted by atomic mass is 10.0. The molecule has 0 radical (unpaired) electrons. The van der Waals surface area contributed by atoms with Crippen molar-refractivity contribution in [2.45, 2.75) is 25.9 Å². The second kappa shape index (κ2) is 2.55. The molecule has 0 aliphatic carbocycles. The van der Waals surface area contributed by atoms with Crippen LogP contribution in [0.5, 0.6) is 11.5 Å². The molecule has 2 rings (SSSR count). The second-order valence-corrected chi connectivity index (χ2v) is 4.39. The monoisotopic (exact) mass is 198 g/mol. The number of phenolic OH excluding ortho intramolecular Hbond substituents is 1. The van der Waals surface area contributed by atoms with E-state index >= 15 is 0 Å². The summed E-state index contributed by atoms with van der Waals surface area (Å²) >= 11 is 5.81. The third kappa shape index (κ3) is 1.46. The van der Waals surface area contributed by atoms with Crippen LogP contribution >= 0.6 is 11.6 Å². The van der Waals surface area contributed by atoms with Gasteiger partial charge < -0.3 is 9.84 Å². The van der Waals surface area contributed by atoms with Gasteiger partial charge in [-0.25, -0.2) is 0 Å². The average molecular weight is 199 g/mol. The normalized spacial score (nSPS) is 18.1. The number of phenols is 1. The molecule has 1 aliphatic heterocycles. The smallest absolute Gasteiger partial charge is 0.165 e. The summed E-state index contributed by atoms with van der Waals surface area (Å²) in [5.41, 5.74) is 0.750. The van der Waals surface area contributed by atoms with Crippen molar-refractivity contribution in [3.8, 4) is 11.5 Å². The van der Waals surface area contributed by atoms with Gasteiger partial charge in [-0.3, -0.25) is 0 Å². The average Bonchev–Trinajstić information content (AvgIpc) is 2.23. The maximum atomic E-state index is 9.53. The van der Waals surface area contributed by atoms with Gasteiger partial charge in [-0.05, 0) is 19.9 Å². The molecule has 0 saturated heterocycles. The number of hydrogen-bond donors (Lipinski definition) is 1. The van der Waals surface area contributed by atoms with Crippen LogP contribution in [0.4, 0.5) is 0 Å². The minimum absolute atomic E-state index is 0.132. The molecule has 2 nitrogen and oxygen atoms in total. The quantitative estimate of drug-likeness (QED) is 0.695. The molecule has 1 heterocycles. The molecule has 0 bridgehead atoms. The summed E-state index contributed by atoms with van der Waals surface area (Å²) in [7, 11) is 0. The topological polar surface area (TPSA) is 29.5 Å². The predicted molar refractivity (Wildman–Crippen MR) is 51.5 cm³/mol. The van der Waals surface area contributed by atoms with E-state index in [-0.39, 0.29) is 11.4 Å². The van der Waals surface area contributed by atoms with Crippen LogP contribution in [0.1, 0.15) is 19.4 Å². The maximum Gasteiger partial charge on any atom is 0.165 e. The van der Waals surface area contributed by atoms with Gasteiger partial charge in [0.05, 0.1) is 0 Å². The Labute approximate surface area is 82.1 Å². The highest BCUT2D eigenvalue weighted by Gasteiger charge is 2.32. The van der Waals surface area contributed by atoms with Crippen molar-refractivity contribution in [1.82, 2.24) is 0 Å². The first-order valence-electron chi connectivity index (χ1n) is 4.18. The fraction of sp³-hybridized carbons (Fsp3) is 0.400. The van der Waals surface area contributed by atoms with Gasteiger partial charge in [-0.1, -0.05) is 11.6 Å². The lowest BCUT2D eigenvalue weighted by molar-refractivity contribution is 0.134. The van der Waals surface area contributed by atoms with Gasteiger partial charge >= 0.3 is 0 Å². The number of halogens is 1. The Kier molecular flexibility index (Phi) is 1.70. The fourth-order valence-electron chi connectivity index (χ4n) is 1.65. The van der Waals surface area contributed by atoms with Gasteiger partial charge in [0.25, 0.3) is 0 Å². The van der Waals surface area contributed by atoms with Crippen LogP contribution in [0.15, 0.2) is 12.1 Å². The van der Waals surface area contributed by atoms with E-state index in [9.17, 15) is 5.11 Å². The molecule has 1 N–H and O–H groups in total. The molecule has 1 aliphatic rings. The number of benzene rings is 1. The lowest BCUT2D eigenvalue weighted by Crippen LogP contribution is -2.24. The van der Waals surface area contributed by atoms with Crippen molar-refractivity contribution in [2.24, 2.45) is 0 Å². The van der Waals surface area contributed by atoms with E-state index in [1.165, 1.54) is 6.07 Å². The number of rotatable bonds is 0. The summed E-state index contributed by atoms with van der Waals surface area (Å²) in [6.07, 6.45) is 0.788. The minimum atomic E-state index is -0.232. The highest BCUT2D eigenvalue weighted by molar-refractivity contribution is 6.30. The minimum Gasteiger partial charge on any atom is -0.504 e. The number of hydrogen-bond acceptors (Lipinski definition) is 2. The second-order valence-electron chi connectivity index (χ2n) is 3.95. The molecule has 0 aromatic heterocycles. The predicted octanol–water partition coefficient (Wildman–Crippen LogP) is 2.76. The van der Waals surface area contributed by atoms with Crippen LogP contribution in [-0.2, 0) is 6.42 Å². The molecule has 13 heavy (non-hydrogen) atoms. The Morgan fingerprint density at radius 2 is 2.15 bits per heavy atom. The van der Waals surface area contributed by atoms with E-state index in [1.807, 2.05) is 19.9 Å². The van der Waals surface area contributed by atoms with Crippen molar-refractivity contribution < 1.29 is 9.84 Å². The summed E-state index contributed by atoms with van der Waals surface area (Å²) in [6, 6.07) is 3.34. The Hall–Kier alpha value is -0.890. The van der Waals surface area contributed by atoms with Crippen LogP contribution in [0.3, 0.4) is 0 Å². The van der Waals surface area contributed by atoms with Crippen molar-refractivity contribution in [3.63, 3.8) is 0 Å². The molecule has 0 atom stereocenters. The van der Waals surface area contributed by atoms with E-state index in [0.717, 1.165) is 12.0 Å². The number of fused-ring (bicyclic) bond motifs is 1. The van der Waals surface area contributed by atoms with E-state index < -0.39 is 0 Å². The first-order valence-corrected chi connectivity index (χ1v) is 4.56. The Morgan fingerprint density at radius 3 is 2.85 bits per heavy atom. The molecular weight excluding hydrogens is 188 g/mol. The van der Waals surface area contributed by atoms with Gasteiger partial charge in [0, 0.05) is 23.1 Å². The Bertz CT molecular complexity index is 358. The highest BCUT2D eigenvalue weighted by atomic mass is 35.5. The first kappa shape index (κ1) is 8.70. The Morgan fingerprint density at radius 1 is 1.46 bits per heavy atom. The van der Waals surface area contributed by atoms with Gasteiger partial charge in [0.15, 0.2) is 11.5 Å². The van der Waals surface area contributed by atoms with Crippen molar-refractivity contribution in [3.05, 3.63) is 22.7 Å². The van der Waals surface area contributed by atoms with Crippen LogP contribution in [0.2, 0.25) is 5.02 Å². The molecule has 1 aromatic carbocycles. The molecular formula is C10H11ClO2. The van der Waals surface area contributed by atoms with Crippen LogP contribution < -0.4 is 4.74 Å². The van der Waals surface area contributed by atoms with Crippen molar-refractivity contribution >= 4 is 11.6 Å². The largest absolute Gasteiger partial charge is 0.504 e. The summed E-state index contributed by atoms with van der Waals surface area (Å²) in [5, 5.41) is 10.1. The maximum absolute atomic E-state index is 9.53. The third-order valence-electron chi connectivity index (χ3n) is 2.11. The van der Waals surface area contributed by atoms with Crippen LogP contribution in [0.25, 0.3) is 0 Å². The highest BCUT2D eigenvalue weighted by Crippen LogP contribution is 2.42. The van der Waals surface area contributed by atoms with Crippen LogP contribution in [0, 0.1) is 0 Å². The zero-order valence-electron chi connectivity index (χ0n) is 7.60. The Balaban J connectivity index is 2.52. The number of aromatic hydroxyl groups is 1. The molecule has 70 valence electrons.